The largest absolute Gasteiger partial charge is 0.344 e. The van der Waals surface area contributed by atoms with Gasteiger partial charge in [-0.15, -0.1) is 0 Å². The van der Waals surface area contributed by atoms with E-state index in [1.54, 1.807) is 6.92 Å². The summed E-state index contributed by atoms with van der Waals surface area (Å²) in [4.78, 5) is 13.9. The van der Waals surface area contributed by atoms with E-state index in [1.807, 2.05) is 30.3 Å². The van der Waals surface area contributed by atoms with Crippen LogP contribution in [0, 0.1) is 6.92 Å². The summed E-state index contributed by atoms with van der Waals surface area (Å²) >= 11 is 0. The highest BCUT2D eigenvalue weighted by atomic mass is 16.1. The van der Waals surface area contributed by atoms with Crippen molar-refractivity contribution in [3.8, 4) is 11.3 Å². The highest BCUT2D eigenvalue weighted by Gasteiger charge is 2.08. The van der Waals surface area contributed by atoms with Crippen molar-refractivity contribution < 1.29 is 0 Å². The van der Waals surface area contributed by atoms with E-state index in [0.29, 0.717) is 0 Å². The number of hydrogen-bond acceptors (Lipinski definition) is 2. The van der Waals surface area contributed by atoms with Gasteiger partial charge in [0.05, 0.1) is 11.4 Å². The number of benzene rings is 1. The molecular weight excluding hydrogens is 178 g/mol. The molecule has 0 fully saturated rings. The van der Waals surface area contributed by atoms with Gasteiger partial charge in [-0.05, 0) is 12.5 Å². The fraction of sp³-hybridized carbons (Fsp3) is 0.100. The Kier molecular flexibility index (Phi) is 1.89. The molecule has 2 aromatic rings. The molecule has 1 aromatic carbocycles. The summed E-state index contributed by atoms with van der Waals surface area (Å²) < 4.78 is 1.11. The Balaban J connectivity index is 2.64. The van der Waals surface area contributed by atoms with Gasteiger partial charge in [0.1, 0.15) is 0 Å². The molecule has 0 bridgehead atoms. The monoisotopic (exact) mass is 189 g/mol. The van der Waals surface area contributed by atoms with Crippen LogP contribution in [0.2, 0.25) is 0 Å². The van der Waals surface area contributed by atoms with Crippen molar-refractivity contribution in [3.63, 3.8) is 0 Å². The summed E-state index contributed by atoms with van der Waals surface area (Å²) in [5.41, 5.74) is 2.19. The molecule has 0 amide bonds. The van der Waals surface area contributed by atoms with Crippen LogP contribution in [-0.4, -0.2) is 9.66 Å². The Bertz CT molecular complexity index is 496. The van der Waals surface area contributed by atoms with Gasteiger partial charge >= 0.3 is 5.69 Å². The number of H-pyrrole nitrogens is 1. The van der Waals surface area contributed by atoms with Crippen molar-refractivity contribution in [2.45, 2.75) is 6.92 Å². The number of hydrogen-bond donors (Lipinski definition) is 2. The number of nitrogens with zero attached hydrogens (tertiary/aromatic N) is 1. The Morgan fingerprint density at radius 1 is 1.29 bits per heavy atom. The van der Waals surface area contributed by atoms with Crippen molar-refractivity contribution in [2.24, 2.45) is 0 Å². The lowest BCUT2D eigenvalue weighted by molar-refractivity contribution is 0.900. The Morgan fingerprint density at radius 2 is 1.93 bits per heavy atom. The first-order valence-corrected chi connectivity index (χ1v) is 4.32. The molecule has 0 radical (unpaired) electrons. The van der Waals surface area contributed by atoms with E-state index in [-0.39, 0.29) is 5.69 Å². The van der Waals surface area contributed by atoms with E-state index >= 15 is 0 Å². The topological polar surface area (TPSA) is 63.8 Å². The summed E-state index contributed by atoms with van der Waals surface area (Å²) in [5.74, 6) is 5.51. The van der Waals surface area contributed by atoms with E-state index in [9.17, 15) is 4.79 Å². The highest BCUT2D eigenvalue weighted by Crippen LogP contribution is 2.17. The molecule has 72 valence electrons. The second-order valence-electron chi connectivity index (χ2n) is 3.13. The summed E-state index contributed by atoms with van der Waals surface area (Å²) in [6.07, 6.45) is 0. The van der Waals surface area contributed by atoms with Crippen LogP contribution in [0.5, 0.6) is 0 Å². The van der Waals surface area contributed by atoms with Crippen LogP contribution < -0.4 is 11.5 Å². The third-order valence-corrected chi connectivity index (χ3v) is 2.24. The van der Waals surface area contributed by atoms with Crippen LogP contribution >= 0.6 is 0 Å². The third-order valence-electron chi connectivity index (χ3n) is 2.24. The van der Waals surface area contributed by atoms with Crippen LogP contribution in [-0.2, 0) is 0 Å². The zero-order valence-electron chi connectivity index (χ0n) is 7.82. The van der Waals surface area contributed by atoms with Gasteiger partial charge in [-0.25, -0.2) is 9.47 Å². The average molecular weight is 189 g/mol. The first kappa shape index (κ1) is 8.62. The molecule has 3 N–H and O–H groups in total. The molecule has 0 saturated heterocycles. The first-order chi connectivity index (χ1) is 6.70. The molecule has 0 saturated carbocycles. The quantitative estimate of drug-likeness (QED) is 0.654. The SMILES string of the molecule is Cc1c(-c2ccccc2)[nH]c(=O)n1N. The smallest absolute Gasteiger partial charge is 0.335 e. The molecule has 14 heavy (non-hydrogen) atoms. The van der Waals surface area contributed by atoms with Crippen molar-refractivity contribution in [1.82, 2.24) is 9.66 Å². The van der Waals surface area contributed by atoms with Gasteiger partial charge in [-0.1, -0.05) is 30.3 Å². The van der Waals surface area contributed by atoms with Crippen LogP contribution in [0.3, 0.4) is 0 Å². The minimum atomic E-state index is -0.290. The van der Waals surface area contributed by atoms with Gasteiger partial charge in [0, 0.05) is 0 Å². The normalized spacial score (nSPS) is 10.4. The number of imidazole rings is 1. The van der Waals surface area contributed by atoms with E-state index in [0.717, 1.165) is 21.6 Å². The lowest BCUT2D eigenvalue weighted by Gasteiger charge is -1.99. The standard InChI is InChI=1S/C10H11N3O/c1-7-9(12-10(14)13(7)11)8-5-3-2-4-6-8/h2-6H,11H2,1H3,(H,12,14). The van der Waals surface area contributed by atoms with E-state index in [2.05, 4.69) is 4.98 Å². The molecule has 0 spiro atoms. The van der Waals surface area contributed by atoms with Gasteiger partial charge in [0.15, 0.2) is 0 Å². The van der Waals surface area contributed by atoms with Crippen molar-refractivity contribution in [3.05, 3.63) is 46.5 Å². The molecule has 2 rings (SSSR count). The molecule has 4 nitrogen and oxygen atoms in total. The van der Waals surface area contributed by atoms with E-state index < -0.39 is 0 Å². The molecule has 1 aromatic heterocycles. The number of aromatic amines is 1. The molecular formula is C10H11N3O. The van der Waals surface area contributed by atoms with Crippen LogP contribution in [0.25, 0.3) is 11.3 Å². The van der Waals surface area contributed by atoms with Gasteiger partial charge in [-0.3, -0.25) is 0 Å². The van der Waals surface area contributed by atoms with E-state index in [4.69, 9.17) is 5.84 Å². The maximum absolute atomic E-state index is 11.2. The van der Waals surface area contributed by atoms with Crippen LogP contribution in [0.4, 0.5) is 0 Å². The Labute approximate surface area is 81.0 Å². The van der Waals surface area contributed by atoms with Crippen LogP contribution in [0.1, 0.15) is 5.69 Å². The molecule has 0 unspecified atom stereocenters. The average Bonchev–Trinajstić information content (AvgIpc) is 2.47. The fourth-order valence-corrected chi connectivity index (χ4v) is 1.42. The lowest BCUT2D eigenvalue weighted by atomic mass is 10.1. The summed E-state index contributed by atoms with van der Waals surface area (Å²) in [7, 11) is 0. The Morgan fingerprint density at radius 3 is 2.43 bits per heavy atom. The van der Waals surface area contributed by atoms with Crippen molar-refractivity contribution >= 4 is 0 Å². The van der Waals surface area contributed by atoms with Crippen molar-refractivity contribution in [1.29, 1.82) is 0 Å². The molecule has 0 aliphatic carbocycles. The number of rotatable bonds is 1. The van der Waals surface area contributed by atoms with Gasteiger partial charge in [0.25, 0.3) is 0 Å². The summed E-state index contributed by atoms with van der Waals surface area (Å²) in [6, 6.07) is 9.62. The highest BCUT2D eigenvalue weighted by molar-refractivity contribution is 5.61. The predicted molar refractivity (Wildman–Crippen MR) is 55.4 cm³/mol. The third kappa shape index (κ3) is 1.21. The molecule has 0 aliphatic rings. The molecule has 4 heteroatoms. The zero-order chi connectivity index (χ0) is 10.1. The van der Waals surface area contributed by atoms with Crippen LogP contribution in [0.15, 0.2) is 35.1 Å². The van der Waals surface area contributed by atoms with Gasteiger partial charge in [0.2, 0.25) is 0 Å². The first-order valence-electron chi connectivity index (χ1n) is 4.32. The fourth-order valence-electron chi connectivity index (χ4n) is 1.42. The number of nitrogens with two attached hydrogens (primary N) is 1. The maximum atomic E-state index is 11.2. The predicted octanol–water partition coefficient (Wildman–Crippen LogP) is 0.866. The molecule has 0 atom stereocenters. The molecule has 1 heterocycles. The van der Waals surface area contributed by atoms with Gasteiger partial charge in [-0.2, -0.15) is 0 Å². The Hall–Kier alpha value is -1.97. The second-order valence-corrected chi connectivity index (χ2v) is 3.13. The van der Waals surface area contributed by atoms with Gasteiger partial charge < -0.3 is 10.8 Å². The number of nitrogens with one attached hydrogen (secondary N) is 1. The van der Waals surface area contributed by atoms with E-state index in [1.165, 1.54) is 0 Å². The second kappa shape index (κ2) is 3.06. The van der Waals surface area contributed by atoms with Crippen molar-refractivity contribution in [2.75, 3.05) is 5.84 Å². The minimum Gasteiger partial charge on any atom is -0.335 e. The number of aromatic nitrogens is 2. The minimum absolute atomic E-state index is 0.290. The lowest BCUT2D eigenvalue weighted by Crippen LogP contribution is -2.25. The summed E-state index contributed by atoms with van der Waals surface area (Å²) in [5, 5.41) is 0. The maximum Gasteiger partial charge on any atom is 0.344 e. The summed E-state index contributed by atoms with van der Waals surface area (Å²) in [6.45, 7) is 1.81. The zero-order valence-corrected chi connectivity index (χ0v) is 7.82. The molecule has 0 aliphatic heterocycles. The number of nitrogen functional groups attached to an aromatic ring is 1.